The largest absolute Gasteiger partial charge is 0.444 e. The number of nitrogens with one attached hydrogen (secondary N) is 1. The van der Waals surface area contributed by atoms with Gasteiger partial charge in [0.25, 0.3) is 0 Å². The molecule has 0 saturated carbocycles. The Balaban J connectivity index is 1.38. The predicted octanol–water partition coefficient (Wildman–Crippen LogP) is 4.08. The number of halogens is 1. The van der Waals surface area contributed by atoms with E-state index in [2.05, 4.69) is 10.3 Å². The molecular weight excluding hydrogens is 452 g/mol. The van der Waals surface area contributed by atoms with Gasteiger partial charge in [0.1, 0.15) is 11.5 Å². The first-order valence-electron chi connectivity index (χ1n) is 10.4. The number of hydrogen-bond donors (Lipinski definition) is 1. The standard InChI is InChI=1S/C22H25ClN4O4S/c1-22(2,3)31-21(30)26-10-9-16-17(12-26)32-20(24-16)25-18(28)15-8-11-27(19(15)29)14-6-4-13(23)5-7-14/h4-7,15H,8-12H2,1-3H3,(H,24,25,28). The minimum absolute atomic E-state index is 0.234. The molecule has 10 heteroatoms. The topological polar surface area (TPSA) is 91.8 Å². The van der Waals surface area contributed by atoms with Crippen molar-refractivity contribution in [3.05, 3.63) is 39.9 Å². The molecule has 0 bridgehead atoms. The lowest BCUT2D eigenvalue weighted by Gasteiger charge is -2.29. The Kier molecular flexibility index (Phi) is 6.13. The Morgan fingerprint density at radius 3 is 2.62 bits per heavy atom. The molecule has 0 spiro atoms. The fourth-order valence-electron chi connectivity index (χ4n) is 3.72. The fourth-order valence-corrected chi connectivity index (χ4v) is 4.88. The molecule has 1 aromatic heterocycles. The maximum atomic E-state index is 12.8. The van der Waals surface area contributed by atoms with Gasteiger partial charge in [-0.15, -0.1) is 0 Å². The van der Waals surface area contributed by atoms with Crippen molar-refractivity contribution in [1.29, 1.82) is 0 Å². The molecule has 2 aliphatic heterocycles. The predicted molar refractivity (Wildman–Crippen MR) is 123 cm³/mol. The van der Waals surface area contributed by atoms with E-state index in [1.165, 1.54) is 11.3 Å². The lowest BCUT2D eigenvalue weighted by molar-refractivity contribution is -0.129. The molecule has 1 atom stereocenters. The Morgan fingerprint density at radius 1 is 1.22 bits per heavy atom. The van der Waals surface area contributed by atoms with Gasteiger partial charge >= 0.3 is 6.09 Å². The summed E-state index contributed by atoms with van der Waals surface area (Å²) < 4.78 is 5.45. The van der Waals surface area contributed by atoms with Gasteiger partial charge in [-0.3, -0.25) is 9.59 Å². The molecular formula is C22H25ClN4O4S. The molecule has 3 heterocycles. The second-order valence-electron chi connectivity index (χ2n) is 8.84. The van der Waals surface area contributed by atoms with Crippen molar-refractivity contribution in [2.45, 2.75) is 45.8 Å². The summed E-state index contributed by atoms with van der Waals surface area (Å²) in [5.74, 6) is -1.35. The van der Waals surface area contributed by atoms with Crippen LogP contribution in [0.2, 0.25) is 5.02 Å². The van der Waals surface area contributed by atoms with E-state index in [-0.39, 0.29) is 17.9 Å². The van der Waals surface area contributed by atoms with Crippen LogP contribution in [0.3, 0.4) is 0 Å². The zero-order valence-electron chi connectivity index (χ0n) is 18.2. The van der Waals surface area contributed by atoms with E-state index in [4.69, 9.17) is 16.3 Å². The molecule has 2 aromatic rings. The zero-order valence-corrected chi connectivity index (χ0v) is 19.8. The van der Waals surface area contributed by atoms with Crippen molar-refractivity contribution in [3.8, 4) is 0 Å². The number of thiazole rings is 1. The maximum Gasteiger partial charge on any atom is 0.410 e. The van der Waals surface area contributed by atoms with Crippen LogP contribution in [-0.2, 0) is 27.3 Å². The number of nitrogens with zero attached hydrogens (tertiary/aromatic N) is 3. The van der Waals surface area contributed by atoms with E-state index >= 15 is 0 Å². The molecule has 0 radical (unpaired) electrons. The molecule has 0 aliphatic carbocycles. The third-order valence-corrected chi connectivity index (χ3v) is 6.52. The molecule has 1 fully saturated rings. The van der Waals surface area contributed by atoms with Gasteiger partial charge in [0, 0.05) is 35.1 Å². The first-order valence-corrected chi connectivity index (χ1v) is 11.6. The van der Waals surface area contributed by atoms with Crippen molar-refractivity contribution >= 4 is 51.7 Å². The van der Waals surface area contributed by atoms with Gasteiger partial charge < -0.3 is 19.9 Å². The maximum absolute atomic E-state index is 12.8. The van der Waals surface area contributed by atoms with Crippen LogP contribution in [0.15, 0.2) is 24.3 Å². The number of carbonyl (C=O) groups excluding carboxylic acids is 3. The molecule has 1 saturated heterocycles. The summed E-state index contributed by atoms with van der Waals surface area (Å²) in [5.41, 5.74) is 1.03. The van der Waals surface area contributed by atoms with Gasteiger partial charge in [0.15, 0.2) is 5.13 Å². The number of anilines is 2. The van der Waals surface area contributed by atoms with Gasteiger partial charge in [0.05, 0.1) is 12.2 Å². The Hall–Kier alpha value is -2.65. The van der Waals surface area contributed by atoms with Crippen LogP contribution in [-0.4, -0.2) is 46.5 Å². The summed E-state index contributed by atoms with van der Waals surface area (Å²) >= 11 is 7.25. The highest BCUT2D eigenvalue weighted by Crippen LogP contribution is 2.31. The minimum Gasteiger partial charge on any atom is -0.444 e. The van der Waals surface area contributed by atoms with Crippen LogP contribution < -0.4 is 10.2 Å². The summed E-state index contributed by atoms with van der Waals surface area (Å²) in [6, 6.07) is 6.98. The zero-order chi connectivity index (χ0) is 23.0. The van der Waals surface area contributed by atoms with Gasteiger partial charge in [-0.2, -0.15) is 0 Å². The number of amides is 3. The highest BCUT2D eigenvalue weighted by Gasteiger charge is 2.38. The lowest BCUT2D eigenvalue weighted by atomic mass is 10.1. The van der Waals surface area contributed by atoms with Crippen molar-refractivity contribution in [3.63, 3.8) is 0 Å². The Bertz CT molecular complexity index is 1050. The molecule has 1 aromatic carbocycles. The van der Waals surface area contributed by atoms with Crippen LogP contribution in [0.1, 0.15) is 37.8 Å². The first-order chi connectivity index (χ1) is 15.1. The quantitative estimate of drug-likeness (QED) is 0.674. The SMILES string of the molecule is CC(C)(C)OC(=O)N1CCc2nc(NC(=O)C3CCN(c4ccc(Cl)cc4)C3=O)sc2C1. The Morgan fingerprint density at radius 2 is 1.94 bits per heavy atom. The van der Waals surface area contributed by atoms with Gasteiger partial charge in [0.2, 0.25) is 11.8 Å². The van der Waals surface area contributed by atoms with Crippen molar-refractivity contribution in [2.75, 3.05) is 23.3 Å². The molecule has 8 nitrogen and oxygen atoms in total. The average Bonchev–Trinajstić information content (AvgIpc) is 3.29. The average molecular weight is 477 g/mol. The number of carbonyl (C=O) groups is 3. The second kappa shape index (κ2) is 8.71. The monoisotopic (exact) mass is 476 g/mol. The molecule has 3 amide bonds. The van der Waals surface area contributed by atoms with E-state index < -0.39 is 11.5 Å². The van der Waals surface area contributed by atoms with Gasteiger partial charge in [-0.25, -0.2) is 9.78 Å². The van der Waals surface area contributed by atoms with Crippen LogP contribution in [0.4, 0.5) is 15.6 Å². The van der Waals surface area contributed by atoms with Gasteiger partial charge in [-0.05, 0) is 51.5 Å². The number of aromatic nitrogens is 1. The molecule has 1 unspecified atom stereocenters. The summed E-state index contributed by atoms with van der Waals surface area (Å²) in [7, 11) is 0. The van der Waals surface area contributed by atoms with Crippen LogP contribution in [0, 0.1) is 5.92 Å². The number of hydrogen-bond acceptors (Lipinski definition) is 6. The first kappa shape index (κ1) is 22.5. The summed E-state index contributed by atoms with van der Waals surface area (Å²) in [4.78, 5) is 46.6. The molecule has 32 heavy (non-hydrogen) atoms. The number of rotatable bonds is 3. The highest BCUT2D eigenvalue weighted by molar-refractivity contribution is 7.15. The highest BCUT2D eigenvalue weighted by atomic mass is 35.5. The fraction of sp³-hybridized carbons (Fsp3) is 0.455. The summed E-state index contributed by atoms with van der Waals surface area (Å²) in [6.07, 6.45) is 0.666. The third kappa shape index (κ3) is 4.88. The van der Waals surface area contributed by atoms with Crippen molar-refractivity contribution in [1.82, 2.24) is 9.88 Å². The van der Waals surface area contributed by atoms with Crippen LogP contribution in [0.5, 0.6) is 0 Å². The van der Waals surface area contributed by atoms with E-state index in [0.29, 0.717) is 42.6 Å². The van der Waals surface area contributed by atoms with Crippen molar-refractivity contribution < 1.29 is 19.1 Å². The van der Waals surface area contributed by atoms with E-state index in [0.717, 1.165) is 16.3 Å². The van der Waals surface area contributed by atoms with E-state index in [1.807, 2.05) is 20.8 Å². The molecule has 170 valence electrons. The van der Waals surface area contributed by atoms with Gasteiger partial charge in [-0.1, -0.05) is 22.9 Å². The van der Waals surface area contributed by atoms with Crippen molar-refractivity contribution in [2.24, 2.45) is 5.92 Å². The molecule has 2 aliphatic rings. The smallest absolute Gasteiger partial charge is 0.410 e. The third-order valence-electron chi connectivity index (χ3n) is 5.27. The van der Waals surface area contributed by atoms with Crippen LogP contribution >= 0.6 is 22.9 Å². The number of benzene rings is 1. The molecule has 4 rings (SSSR count). The summed E-state index contributed by atoms with van der Waals surface area (Å²) in [5, 5.41) is 3.84. The summed E-state index contributed by atoms with van der Waals surface area (Å²) in [6.45, 7) is 6.87. The normalized spacial score (nSPS) is 18.5. The van der Waals surface area contributed by atoms with Crippen LogP contribution in [0.25, 0.3) is 0 Å². The second-order valence-corrected chi connectivity index (χ2v) is 10.4. The van der Waals surface area contributed by atoms with E-state index in [1.54, 1.807) is 34.1 Å². The number of ether oxygens (including phenoxy) is 1. The minimum atomic E-state index is -0.759. The Labute approximate surface area is 195 Å². The van der Waals surface area contributed by atoms with E-state index in [9.17, 15) is 14.4 Å². The lowest BCUT2D eigenvalue weighted by Crippen LogP contribution is -2.39. The number of fused-ring (bicyclic) bond motifs is 1. The molecule has 1 N–H and O–H groups in total.